The molecular formula is C19H16ClF2N3O2S. The van der Waals surface area contributed by atoms with Gasteiger partial charge in [0.15, 0.2) is 16.7 Å². The molecule has 0 aliphatic carbocycles. The minimum atomic E-state index is -0.899. The number of ether oxygens (including phenoxy) is 1. The van der Waals surface area contributed by atoms with Gasteiger partial charge in [0.05, 0.1) is 33.9 Å². The van der Waals surface area contributed by atoms with Gasteiger partial charge in [0.2, 0.25) is 0 Å². The van der Waals surface area contributed by atoms with Gasteiger partial charge in [-0.05, 0) is 37.1 Å². The van der Waals surface area contributed by atoms with Gasteiger partial charge < -0.3 is 10.1 Å². The summed E-state index contributed by atoms with van der Waals surface area (Å²) in [4.78, 5) is 13.1. The predicted molar refractivity (Wildman–Crippen MR) is 103 cm³/mol. The van der Waals surface area contributed by atoms with Gasteiger partial charge in [-0.1, -0.05) is 29.0 Å². The Morgan fingerprint density at radius 2 is 2.21 bits per heavy atom. The second-order valence-electron chi connectivity index (χ2n) is 6.55. The summed E-state index contributed by atoms with van der Waals surface area (Å²) in [6.45, 7) is 2.82. The van der Waals surface area contributed by atoms with Crippen molar-refractivity contribution >= 4 is 28.8 Å². The van der Waals surface area contributed by atoms with Crippen LogP contribution in [0.3, 0.4) is 0 Å². The van der Waals surface area contributed by atoms with E-state index in [0.717, 1.165) is 23.4 Å². The van der Waals surface area contributed by atoms with Crippen molar-refractivity contribution in [3.8, 4) is 16.3 Å². The van der Waals surface area contributed by atoms with Gasteiger partial charge in [-0.2, -0.15) is 5.10 Å². The fourth-order valence-electron chi connectivity index (χ4n) is 3.15. The van der Waals surface area contributed by atoms with Gasteiger partial charge in [0.1, 0.15) is 6.61 Å². The largest absolute Gasteiger partial charge is 0.481 e. The lowest BCUT2D eigenvalue weighted by Gasteiger charge is -2.13. The van der Waals surface area contributed by atoms with E-state index in [0.29, 0.717) is 40.1 Å². The zero-order valence-corrected chi connectivity index (χ0v) is 16.4. The van der Waals surface area contributed by atoms with Crippen LogP contribution in [0.25, 0.3) is 11.3 Å². The first-order valence-electron chi connectivity index (χ1n) is 8.65. The van der Waals surface area contributed by atoms with Crippen molar-refractivity contribution in [1.29, 1.82) is 0 Å². The summed E-state index contributed by atoms with van der Waals surface area (Å²) in [5.74, 6) is -2.05. The predicted octanol–water partition coefficient (Wildman–Crippen LogP) is 4.30. The standard InChI is InChI=1S/C19H16ClF2N3O2S/c1-10(6-11-2-3-14(21)15(22)7-11)24-18(26)16-8-12-17-13(20)9-23-25(17)4-5-27-19(12)28-16/h2-3,7-10H,4-6H2,1H3,(H,24,26)/t10-/m1/s1. The third-order valence-corrected chi connectivity index (χ3v) is 5.73. The SMILES string of the molecule is C[C@H](Cc1ccc(F)c(F)c1)NC(=O)c1cc2c(s1)OCCn1ncc(Cl)c1-2. The lowest BCUT2D eigenvalue weighted by molar-refractivity contribution is 0.0944. The zero-order chi connectivity index (χ0) is 19.8. The molecule has 0 unspecified atom stereocenters. The van der Waals surface area contributed by atoms with Crippen molar-refractivity contribution in [3.05, 3.63) is 57.6 Å². The monoisotopic (exact) mass is 423 g/mol. The number of fused-ring (bicyclic) bond motifs is 3. The molecule has 1 amide bonds. The third-order valence-electron chi connectivity index (χ3n) is 4.41. The van der Waals surface area contributed by atoms with E-state index in [1.807, 2.05) is 0 Å². The van der Waals surface area contributed by atoms with E-state index < -0.39 is 11.6 Å². The number of nitrogens with zero attached hydrogens (tertiary/aromatic N) is 2. The number of hydrogen-bond acceptors (Lipinski definition) is 4. The van der Waals surface area contributed by atoms with Crippen LogP contribution in [0, 0.1) is 11.6 Å². The lowest BCUT2D eigenvalue weighted by Crippen LogP contribution is -2.33. The molecular weight excluding hydrogens is 408 g/mol. The van der Waals surface area contributed by atoms with Gasteiger partial charge in [-0.3, -0.25) is 9.48 Å². The third kappa shape index (κ3) is 3.62. The number of amides is 1. The van der Waals surface area contributed by atoms with Crippen molar-refractivity contribution in [3.63, 3.8) is 0 Å². The van der Waals surface area contributed by atoms with Crippen LogP contribution in [-0.4, -0.2) is 28.3 Å². The Bertz CT molecular complexity index is 1050. The first-order chi connectivity index (χ1) is 13.4. The highest BCUT2D eigenvalue weighted by atomic mass is 35.5. The first-order valence-corrected chi connectivity index (χ1v) is 9.85. The molecule has 0 fully saturated rings. The van der Waals surface area contributed by atoms with E-state index in [1.165, 1.54) is 17.4 Å². The summed E-state index contributed by atoms with van der Waals surface area (Å²) in [6.07, 6.45) is 1.95. The number of nitrogens with one attached hydrogen (secondary N) is 1. The lowest BCUT2D eigenvalue weighted by atomic mass is 10.1. The molecule has 3 heterocycles. The Hall–Kier alpha value is -2.45. The molecule has 146 valence electrons. The quantitative estimate of drug-likeness (QED) is 0.680. The first kappa shape index (κ1) is 18.9. The van der Waals surface area contributed by atoms with Crippen molar-refractivity contribution in [2.75, 3.05) is 6.61 Å². The Morgan fingerprint density at radius 3 is 3.00 bits per heavy atom. The molecule has 1 aromatic carbocycles. The van der Waals surface area contributed by atoms with E-state index in [9.17, 15) is 13.6 Å². The topological polar surface area (TPSA) is 56.1 Å². The Labute approximate surface area is 168 Å². The van der Waals surface area contributed by atoms with Crippen molar-refractivity contribution in [2.24, 2.45) is 0 Å². The molecule has 1 N–H and O–H groups in total. The van der Waals surface area contributed by atoms with Crippen LogP contribution < -0.4 is 10.1 Å². The molecule has 1 aliphatic rings. The molecule has 28 heavy (non-hydrogen) atoms. The number of halogens is 3. The van der Waals surface area contributed by atoms with Crippen LogP contribution >= 0.6 is 22.9 Å². The van der Waals surface area contributed by atoms with E-state index >= 15 is 0 Å². The molecule has 1 aliphatic heterocycles. The smallest absolute Gasteiger partial charge is 0.261 e. The van der Waals surface area contributed by atoms with Crippen LogP contribution in [0.15, 0.2) is 30.5 Å². The van der Waals surface area contributed by atoms with Crippen molar-refractivity contribution < 1.29 is 18.3 Å². The number of aromatic nitrogens is 2. The Balaban J connectivity index is 1.51. The van der Waals surface area contributed by atoms with Crippen LogP contribution in [0.5, 0.6) is 5.06 Å². The number of benzene rings is 1. The van der Waals surface area contributed by atoms with E-state index in [-0.39, 0.29) is 11.9 Å². The minimum absolute atomic E-state index is 0.265. The molecule has 9 heteroatoms. The summed E-state index contributed by atoms with van der Waals surface area (Å²) in [5.41, 5.74) is 2.08. The summed E-state index contributed by atoms with van der Waals surface area (Å²) in [6, 6.07) is 5.20. The summed E-state index contributed by atoms with van der Waals surface area (Å²) in [5, 5.41) is 8.24. The van der Waals surface area contributed by atoms with Crippen LogP contribution in [-0.2, 0) is 13.0 Å². The van der Waals surface area contributed by atoms with E-state index in [1.54, 1.807) is 23.9 Å². The normalized spacial score (nSPS) is 13.9. The van der Waals surface area contributed by atoms with E-state index in [2.05, 4.69) is 10.4 Å². The van der Waals surface area contributed by atoms with Gasteiger partial charge in [0, 0.05) is 6.04 Å². The molecule has 0 saturated carbocycles. The Kier molecular flexibility index (Phi) is 5.07. The summed E-state index contributed by atoms with van der Waals surface area (Å²) < 4.78 is 33.9. The molecule has 2 aromatic heterocycles. The second kappa shape index (κ2) is 7.52. The minimum Gasteiger partial charge on any atom is -0.481 e. The van der Waals surface area contributed by atoms with Crippen LogP contribution in [0.4, 0.5) is 8.78 Å². The molecule has 0 spiro atoms. The van der Waals surface area contributed by atoms with Crippen molar-refractivity contribution in [1.82, 2.24) is 15.1 Å². The number of thiophene rings is 1. The molecule has 3 aromatic rings. The number of hydrogen-bond donors (Lipinski definition) is 1. The average Bonchev–Trinajstić information content (AvgIpc) is 3.17. The molecule has 1 atom stereocenters. The maximum absolute atomic E-state index is 13.4. The highest BCUT2D eigenvalue weighted by molar-refractivity contribution is 7.16. The summed E-state index contributed by atoms with van der Waals surface area (Å²) >= 11 is 7.49. The number of rotatable bonds is 4. The van der Waals surface area contributed by atoms with Gasteiger partial charge in [-0.25, -0.2) is 8.78 Å². The average molecular weight is 424 g/mol. The van der Waals surface area contributed by atoms with Crippen LogP contribution in [0.2, 0.25) is 5.02 Å². The summed E-state index contributed by atoms with van der Waals surface area (Å²) in [7, 11) is 0. The number of carbonyl (C=O) groups excluding carboxylic acids is 1. The Morgan fingerprint density at radius 1 is 1.39 bits per heavy atom. The molecule has 4 rings (SSSR count). The van der Waals surface area contributed by atoms with Gasteiger partial charge >= 0.3 is 0 Å². The molecule has 0 radical (unpaired) electrons. The van der Waals surface area contributed by atoms with Gasteiger partial charge in [0.25, 0.3) is 5.91 Å². The maximum atomic E-state index is 13.4. The molecule has 0 bridgehead atoms. The second-order valence-corrected chi connectivity index (χ2v) is 7.97. The van der Waals surface area contributed by atoms with Crippen molar-refractivity contribution in [2.45, 2.75) is 25.9 Å². The molecule has 0 saturated heterocycles. The fraction of sp³-hybridized carbons (Fsp3) is 0.263. The van der Waals surface area contributed by atoms with Gasteiger partial charge in [-0.15, -0.1) is 0 Å². The highest BCUT2D eigenvalue weighted by Gasteiger charge is 2.25. The highest BCUT2D eigenvalue weighted by Crippen LogP contribution is 2.42. The van der Waals surface area contributed by atoms with Crippen LogP contribution in [0.1, 0.15) is 22.2 Å². The van der Waals surface area contributed by atoms with E-state index in [4.69, 9.17) is 16.3 Å². The maximum Gasteiger partial charge on any atom is 0.261 e. The fourth-order valence-corrected chi connectivity index (χ4v) is 4.33. The zero-order valence-electron chi connectivity index (χ0n) is 14.8. The molecule has 5 nitrogen and oxygen atoms in total. The number of carbonyl (C=O) groups is 1.